The summed E-state index contributed by atoms with van der Waals surface area (Å²) in [6, 6.07) is 9.60. The van der Waals surface area contributed by atoms with E-state index in [1.807, 2.05) is 0 Å². The minimum absolute atomic E-state index is 0.00108. The van der Waals surface area contributed by atoms with Crippen molar-refractivity contribution < 1.29 is 22.7 Å². The van der Waals surface area contributed by atoms with Crippen LogP contribution in [0, 0.1) is 23.2 Å². The second kappa shape index (κ2) is 7.87. The summed E-state index contributed by atoms with van der Waals surface area (Å²) in [5, 5.41) is 4.59. The van der Waals surface area contributed by atoms with E-state index >= 15 is 0 Å². The molecule has 6 rings (SSSR count). The van der Waals surface area contributed by atoms with Gasteiger partial charge in [-0.25, -0.2) is 4.79 Å². The summed E-state index contributed by atoms with van der Waals surface area (Å²) < 4.78 is 45.0. The first-order valence-electron chi connectivity index (χ1n) is 10.9. The van der Waals surface area contributed by atoms with E-state index in [9.17, 15) is 18.0 Å². The first-order valence-corrected chi connectivity index (χ1v) is 11.2. The summed E-state index contributed by atoms with van der Waals surface area (Å²) in [6.45, 7) is 0.738. The van der Waals surface area contributed by atoms with E-state index in [0.717, 1.165) is 42.2 Å². The molecule has 0 heterocycles. The van der Waals surface area contributed by atoms with Gasteiger partial charge in [0.2, 0.25) is 0 Å². The number of anilines is 2. The monoisotopic (exact) mass is 464 g/mol. The number of benzene rings is 2. The van der Waals surface area contributed by atoms with Gasteiger partial charge in [-0.1, -0.05) is 11.6 Å². The maximum Gasteiger partial charge on any atom is 0.417 e. The molecule has 4 aliphatic carbocycles. The molecule has 2 aromatic rings. The number of alkyl halides is 3. The molecule has 4 saturated carbocycles. The highest BCUT2D eigenvalue weighted by molar-refractivity contribution is 6.31. The Labute approximate surface area is 189 Å². The molecule has 4 aliphatic rings. The molecular formula is C24H24ClF3N2O2. The molecule has 32 heavy (non-hydrogen) atoms. The van der Waals surface area contributed by atoms with Crippen molar-refractivity contribution in [3.63, 3.8) is 0 Å². The molecule has 0 spiro atoms. The van der Waals surface area contributed by atoms with Crippen LogP contribution in [0.3, 0.4) is 0 Å². The molecule has 2 unspecified atom stereocenters. The Kier molecular flexibility index (Phi) is 5.27. The normalized spacial score (nSPS) is 28.1. The van der Waals surface area contributed by atoms with Gasteiger partial charge in [-0.15, -0.1) is 0 Å². The van der Waals surface area contributed by atoms with Crippen LogP contribution in [0.2, 0.25) is 5.02 Å². The number of carbonyl (C=O) groups excluding carboxylic acids is 1. The van der Waals surface area contributed by atoms with Gasteiger partial charge in [-0.2, -0.15) is 13.2 Å². The van der Waals surface area contributed by atoms with E-state index in [4.69, 9.17) is 16.3 Å². The number of halogens is 4. The van der Waals surface area contributed by atoms with Crippen LogP contribution < -0.4 is 15.4 Å². The molecule has 2 amide bonds. The van der Waals surface area contributed by atoms with Gasteiger partial charge in [0.25, 0.3) is 0 Å². The zero-order valence-electron chi connectivity index (χ0n) is 17.3. The topological polar surface area (TPSA) is 50.4 Å². The highest BCUT2D eigenvalue weighted by atomic mass is 35.5. The Morgan fingerprint density at radius 1 is 1.00 bits per heavy atom. The van der Waals surface area contributed by atoms with Crippen molar-refractivity contribution in [2.24, 2.45) is 23.2 Å². The maximum atomic E-state index is 13.0. The number of nitrogens with one attached hydrogen (secondary N) is 2. The second-order valence-corrected chi connectivity index (χ2v) is 9.96. The second-order valence-electron chi connectivity index (χ2n) is 9.55. The van der Waals surface area contributed by atoms with Crippen LogP contribution in [-0.2, 0) is 6.18 Å². The fourth-order valence-corrected chi connectivity index (χ4v) is 6.36. The first-order chi connectivity index (χ1) is 15.2. The molecule has 2 atom stereocenters. The average Bonchev–Trinajstić information content (AvgIpc) is 3.14. The number of hydrogen-bond donors (Lipinski definition) is 2. The molecular weight excluding hydrogens is 441 g/mol. The van der Waals surface area contributed by atoms with E-state index in [2.05, 4.69) is 10.6 Å². The lowest BCUT2D eigenvalue weighted by molar-refractivity contribution is -0.137. The molecule has 0 aromatic heterocycles. The van der Waals surface area contributed by atoms with E-state index in [0.29, 0.717) is 11.1 Å². The zero-order valence-corrected chi connectivity index (χ0v) is 18.1. The lowest BCUT2D eigenvalue weighted by atomic mass is 9.70. The SMILES string of the molecule is O=C(Nc1ccc(OCC23CC4CC(C2)C(C4)C3)cc1)Nc1ccc(Cl)c(C(F)(F)F)c1. The average molecular weight is 465 g/mol. The number of ether oxygens (including phenoxy) is 1. The van der Waals surface area contributed by atoms with Crippen molar-refractivity contribution in [1.82, 2.24) is 0 Å². The number of amides is 2. The fourth-order valence-electron chi connectivity index (χ4n) is 6.14. The number of urea groups is 1. The Morgan fingerprint density at radius 3 is 2.25 bits per heavy atom. The van der Waals surface area contributed by atoms with Crippen LogP contribution in [0.25, 0.3) is 0 Å². The van der Waals surface area contributed by atoms with Crippen molar-refractivity contribution in [2.45, 2.75) is 38.3 Å². The molecule has 2 aromatic carbocycles. The summed E-state index contributed by atoms with van der Waals surface area (Å²) in [5.41, 5.74) is -0.153. The summed E-state index contributed by atoms with van der Waals surface area (Å²) >= 11 is 5.61. The molecule has 0 saturated heterocycles. The van der Waals surface area contributed by atoms with Crippen molar-refractivity contribution in [1.29, 1.82) is 0 Å². The van der Waals surface area contributed by atoms with Gasteiger partial charge in [-0.05, 0) is 92.3 Å². The van der Waals surface area contributed by atoms with Crippen LogP contribution in [0.15, 0.2) is 42.5 Å². The lowest BCUT2D eigenvalue weighted by Crippen LogP contribution is -2.33. The van der Waals surface area contributed by atoms with E-state index in [1.54, 1.807) is 24.3 Å². The molecule has 4 fully saturated rings. The van der Waals surface area contributed by atoms with Gasteiger partial charge in [0.15, 0.2) is 0 Å². The summed E-state index contributed by atoms with van der Waals surface area (Å²) in [4.78, 5) is 12.2. The minimum Gasteiger partial charge on any atom is -0.493 e. The lowest BCUT2D eigenvalue weighted by Gasteiger charge is -2.38. The van der Waals surface area contributed by atoms with E-state index < -0.39 is 22.8 Å². The van der Waals surface area contributed by atoms with Gasteiger partial charge in [0.1, 0.15) is 5.75 Å². The minimum atomic E-state index is -4.60. The van der Waals surface area contributed by atoms with Crippen LogP contribution in [-0.4, -0.2) is 12.6 Å². The Morgan fingerprint density at radius 2 is 1.62 bits per heavy atom. The Balaban J connectivity index is 1.15. The third-order valence-corrected chi connectivity index (χ3v) is 7.57. The summed E-state index contributed by atoms with van der Waals surface area (Å²) in [6.07, 6.45) is 2.06. The fraction of sp³-hybridized carbons (Fsp3) is 0.458. The first kappa shape index (κ1) is 21.4. The molecule has 4 nitrogen and oxygen atoms in total. The molecule has 2 N–H and O–H groups in total. The largest absolute Gasteiger partial charge is 0.493 e. The maximum absolute atomic E-state index is 13.0. The van der Waals surface area contributed by atoms with Gasteiger partial charge in [0, 0.05) is 16.8 Å². The van der Waals surface area contributed by atoms with E-state index in [-0.39, 0.29) is 5.69 Å². The highest BCUT2D eigenvalue weighted by Gasteiger charge is 2.56. The zero-order chi connectivity index (χ0) is 22.5. The van der Waals surface area contributed by atoms with Gasteiger partial charge in [-0.3, -0.25) is 0 Å². The smallest absolute Gasteiger partial charge is 0.417 e. The standard InChI is InChI=1S/C24H24ClF3N2O2/c25-21-6-3-18(9-20(21)24(26,27)28)30-22(31)29-17-1-4-19(5-2-17)32-13-23-10-14-7-15(11-23)16(8-14)12-23/h1-6,9,14-16H,7-8,10-13H2,(H2,29,30,31). The third kappa shape index (κ3) is 4.27. The Bertz CT molecular complexity index is 1010. The van der Waals surface area contributed by atoms with Crippen molar-refractivity contribution in [3.8, 4) is 5.75 Å². The van der Waals surface area contributed by atoms with Gasteiger partial charge >= 0.3 is 12.2 Å². The third-order valence-electron chi connectivity index (χ3n) is 7.24. The molecule has 0 radical (unpaired) electrons. The van der Waals surface area contributed by atoms with Crippen LogP contribution in [0.4, 0.5) is 29.3 Å². The van der Waals surface area contributed by atoms with Gasteiger partial charge < -0.3 is 15.4 Å². The van der Waals surface area contributed by atoms with Crippen molar-refractivity contribution in [3.05, 3.63) is 53.1 Å². The predicted molar refractivity (Wildman–Crippen MR) is 117 cm³/mol. The summed E-state index contributed by atoms with van der Waals surface area (Å²) in [5.74, 6) is 3.43. The molecule has 170 valence electrons. The Hall–Kier alpha value is -2.41. The van der Waals surface area contributed by atoms with Crippen LogP contribution >= 0.6 is 11.6 Å². The van der Waals surface area contributed by atoms with E-state index in [1.165, 1.54) is 38.2 Å². The quantitative estimate of drug-likeness (QED) is 0.491. The van der Waals surface area contributed by atoms with Crippen molar-refractivity contribution >= 4 is 29.0 Å². The van der Waals surface area contributed by atoms with Crippen LogP contribution in [0.1, 0.15) is 37.7 Å². The molecule has 4 bridgehead atoms. The number of rotatable bonds is 5. The predicted octanol–water partition coefficient (Wildman–Crippen LogP) is 7.21. The number of hydrogen-bond acceptors (Lipinski definition) is 2. The highest BCUT2D eigenvalue weighted by Crippen LogP contribution is 2.64. The van der Waals surface area contributed by atoms with Crippen LogP contribution in [0.5, 0.6) is 5.75 Å². The summed E-state index contributed by atoms with van der Waals surface area (Å²) in [7, 11) is 0. The molecule has 8 heteroatoms. The molecule has 0 aliphatic heterocycles. The number of carbonyl (C=O) groups is 1. The van der Waals surface area contributed by atoms with Crippen molar-refractivity contribution in [2.75, 3.05) is 17.2 Å². The van der Waals surface area contributed by atoms with Gasteiger partial charge in [0.05, 0.1) is 17.2 Å².